The molecule has 2 aromatic rings. The number of fused-ring (bicyclic) bond motifs is 1. The second-order valence-electron chi connectivity index (χ2n) is 6.95. The van der Waals surface area contributed by atoms with Crippen molar-refractivity contribution in [3.05, 3.63) is 66.0 Å². The lowest BCUT2D eigenvalue weighted by atomic mass is 10.1. The summed E-state index contributed by atoms with van der Waals surface area (Å²) in [6.45, 7) is 5.28. The minimum Gasteiger partial charge on any atom is -0.330 e. The van der Waals surface area contributed by atoms with Gasteiger partial charge in [-0.05, 0) is 54.9 Å². The van der Waals surface area contributed by atoms with Crippen LogP contribution in [0.4, 0.5) is 0 Å². The van der Waals surface area contributed by atoms with Gasteiger partial charge in [0, 0.05) is 18.8 Å². The molecule has 1 aromatic heterocycles. The highest BCUT2D eigenvalue weighted by molar-refractivity contribution is 5.87. The molecule has 0 bridgehead atoms. The Bertz CT molecular complexity index is 735. The lowest BCUT2D eigenvalue weighted by Gasteiger charge is -2.28. The second kappa shape index (κ2) is 6.27. The largest absolute Gasteiger partial charge is 0.330 e. The van der Waals surface area contributed by atoms with E-state index in [0.29, 0.717) is 6.54 Å². The Balaban J connectivity index is 1.54. The topological polar surface area (TPSA) is 38.1 Å². The molecule has 2 aliphatic carbocycles. The number of aromatic nitrogens is 2. The van der Waals surface area contributed by atoms with Crippen molar-refractivity contribution in [1.82, 2.24) is 14.7 Å². The van der Waals surface area contributed by atoms with Gasteiger partial charge in [0.15, 0.2) is 0 Å². The summed E-state index contributed by atoms with van der Waals surface area (Å²) in [6.07, 6.45) is 7.72. The first-order valence-electron chi connectivity index (χ1n) is 8.75. The van der Waals surface area contributed by atoms with Gasteiger partial charge in [-0.2, -0.15) is 5.10 Å². The van der Waals surface area contributed by atoms with Crippen molar-refractivity contribution in [2.24, 2.45) is 5.92 Å². The fourth-order valence-corrected chi connectivity index (χ4v) is 3.64. The Morgan fingerprint density at radius 1 is 1.25 bits per heavy atom. The maximum atomic E-state index is 12.5. The van der Waals surface area contributed by atoms with Crippen LogP contribution in [-0.4, -0.2) is 26.6 Å². The van der Waals surface area contributed by atoms with Crippen LogP contribution in [0.25, 0.3) is 0 Å². The summed E-state index contributed by atoms with van der Waals surface area (Å²) in [4.78, 5) is 14.5. The van der Waals surface area contributed by atoms with Gasteiger partial charge in [0.2, 0.25) is 5.91 Å². The van der Waals surface area contributed by atoms with Crippen molar-refractivity contribution in [2.75, 3.05) is 0 Å². The zero-order valence-electron chi connectivity index (χ0n) is 13.9. The Morgan fingerprint density at radius 3 is 2.58 bits per heavy atom. The second-order valence-corrected chi connectivity index (χ2v) is 6.95. The van der Waals surface area contributed by atoms with Crippen LogP contribution in [-0.2, 0) is 30.7 Å². The highest BCUT2D eigenvalue weighted by atomic mass is 16.2. The van der Waals surface area contributed by atoms with Crippen LogP contribution >= 0.6 is 0 Å². The van der Waals surface area contributed by atoms with E-state index in [1.165, 1.54) is 30.0 Å². The molecule has 1 heterocycles. The van der Waals surface area contributed by atoms with Crippen LogP contribution in [0.5, 0.6) is 0 Å². The molecular weight excluding hydrogens is 298 g/mol. The van der Waals surface area contributed by atoms with Gasteiger partial charge < -0.3 is 4.90 Å². The van der Waals surface area contributed by atoms with Gasteiger partial charge >= 0.3 is 0 Å². The van der Waals surface area contributed by atoms with E-state index in [0.717, 1.165) is 31.0 Å². The number of amides is 1. The summed E-state index contributed by atoms with van der Waals surface area (Å²) in [6, 6.07) is 10.7. The Morgan fingerprint density at radius 2 is 1.96 bits per heavy atom. The van der Waals surface area contributed by atoms with Gasteiger partial charge in [-0.1, -0.05) is 30.8 Å². The third kappa shape index (κ3) is 3.01. The van der Waals surface area contributed by atoms with E-state index in [1.807, 2.05) is 17.2 Å². The SMILES string of the molecule is C=CC(=O)N(Cc1ccnn1CC1CC1)C1Cc2ccccc2C1. The first-order valence-corrected chi connectivity index (χ1v) is 8.75. The maximum absolute atomic E-state index is 12.5. The number of hydrogen-bond donors (Lipinski definition) is 0. The summed E-state index contributed by atoms with van der Waals surface area (Å²) in [5.74, 6) is 0.773. The molecule has 1 aromatic carbocycles. The number of carbonyl (C=O) groups is 1. The van der Waals surface area contributed by atoms with Crippen molar-refractivity contribution in [1.29, 1.82) is 0 Å². The summed E-state index contributed by atoms with van der Waals surface area (Å²) in [5, 5.41) is 4.45. The van der Waals surface area contributed by atoms with E-state index in [1.54, 1.807) is 0 Å². The van der Waals surface area contributed by atoms with E-state index in [4.69, 9.17) is 0 Å². The highest BCUT2D eigenvalue weighted by Gasteiger charge is 2.30. The molecule has 24 heavy (non-hydrogen) atoms. The molecule has 1 fully saturated rings. The average molecular weight is 321 g/mol. The third-order valence-corrected chi connectivity index (χ3v) is 5.19. The highest BCUT2D eigenvalue weighted by Crippen LogP contribution is 2.31. The van der Waals surface area contributed by atoms with Crippen LogP contribution < -0.4 is 0 Å². The molecule has 1 saturated carbocycles. The Hall–Kier alpha value is -2.36. The summed E-state index contributed by atoms with van der Waals surface area (Å²) in [5.41, 5.74) is 3.83. The minimum absolute atomic E-state index is 0.00646. The standard InChI is InChI=1S/C20H23N3O/c1-2-20(24)22(19-11-16-5-3-4-6-17(16)12-19)14-18-9-10-21-23(18)13-15-7-8-15/h2-6,9-10,15,19H,1,7-8,11-14H2. The van der Waals surface area contributed by atoms with Crippen molar-refractivity contribution >= 4 is 5.91 Å². The molecule has 0 spiro atoms. The van der Waals surface area contributed by atoms with Crippen LogP contribution in [0, 0.1) is 5.92 Å². The molecule has 0 N–H and O–H groups in total. The fraction of sp³-hybridized carbons (Fsp3) is 0.400. The van der Waals surface area contributed by atoms with Crippen LogP contribution in [0.1, 0.15) is 29.7 Å². The van der Waals surface area contributed by atoms with Gasteiger partial charge in [-0.3, -0.25) is 9.48 Å². The van der Waals surface area contributed by atoms with E-state index < -0.39 is 0 Å². The van der Waals surface area contributed by atoms with Gasteiger partial charge in [0.05, 0.1) is 12.2 Å². The number of rotatable bonds is 6. The predicted molar refractivity (Wildman–Crippen MR) is 93.3 cm³/mol. The van der Waals surface area contributed by atoms with E-state index in [-0.39, 0.29) is 11.9 Å². The van der Waals surface area contributed by atoms with Gasteiger partial charge in [0.1, 0.15) is 0 Å². The van der Waals surface area contributed by atoms with E-state index >= 15 is 0 Å². The number of carbonyl (C=O) groups excluding carboxylic acids is 1. The van der Waals surface area contributed by atoms with Gasteiger partial charge in [-0.15, -0.1) is 0 Å². The Labute approximate surface area is 142 Å². The molecular formula is C20H23N3O. The summed E-state index contributed by atoms with van der Waals surface area (Å²) >= 11 is 0. The predicted octanol–water partition coefficient (Wildman–Crippen LogP) is 2.98. The van der Waals surface area contributed by atoms with E-state index in [2.05, 4.69) is 40.6 Å². The molecule has 0 aliphatic heterocycles. The molecule has 4 rings (SSSR count). The monoisotopic (exact) mass is 321 g/mol. The van der Waals surface area contributed by atoms with Gasteiger partial charge in [0.25, 0.3) is 0 Å². The first kappa shape index (κ1) is 15.2. The van der Waals surface area contributed by atoms with Crippen LogP contribution in [0.2, 0.25) is 0 Å². The van der Waals surface area contributed by atoms with Crippen molar-refractivity contribution in [3.63, 3.8) is 0 Å². The summed E-state index contributed by atoms with van der Waals surface area (Å²) < 4.78 is 2.07. The maximum Gasteiger partial charge on any atom is 0.246 e. The molecule has 2 aliphatic rings. The van der Waals surface area contributed by atoms with Crippen molar-refractivity contribution in [2.45, 2.75) is 44.8 Å². The van der Waals surface area contributed by atoms with Crippen molar-refractivity contribution in [3.8, 4) is 0 Å². The van der Waals surface area contributed by atoms with Gasteiger partial charge in [-0.25, -0.2) is 0 Å². The zero-order chi connectivity index (χ0) is 16.5. The minimum atomic E-state index is 0.00646. The number of benzene rings is 1. The van der Waals surface area contributed by atoms with Crippen LogP contribution in [0.3, 0.4) is 0 Å². The molecule has 0 radical (unpaired) electrons. The molecule has 1 amide bonds. The average Bonchev–Trinajstić information content (AvgIpc) is 3.14. The molecule has 0 saturated heterocycles. The van der Waals surface area contributed by atoms with Crippen LogP contribution in [0.15, 0.2) is 49.2 Å². The molecule has 0 atom stereocenters. The number of nitrogens with zero attached hydrogens (tertiary/aromatic N) is 3. The molecule has 4 nitrogen and oxygen atoms in total. The van der Waals surface area contributed by atoms with Crippen molar-refractivity contribution < 1.29 is 4.79 Å². The Kier molecular flexibility index (Phi) is 3.97. The molecule has 0 unspecified atom stereocenters. The smallest absolute Gasteiger partial charge is 0.246 e. The third-order valence-electron chi connectivity index (χ3n) is 5.19. The fourth-order valence-electron chi connectivity index (χ4n) is 3.64. The first-order chi connectivity index (χ1) is 11.7. The normalized spacial score (nSPS) is 16.8. The lowest BCUT2D eigenvalue weighted by molar-refractivity contribution is -0.128. The van der Waals surface area contributed by atoms with E-state index in [9.17, 15) is 4.79 Å². The molecule has 124 valence electrons. The quantitative estimate of drug-likeness (QED) is 0.767. The lowest BCUT2D eigenvalue weighted by Crippen LogP contribution is -2.40. The number of hydrogen-bond acceptors (Lipinski definition) is 2. The summed E-state index contributed by atoms with van der Waals surface area (Å²) in [7, 11) is 0. The molecule has 4 heteroatoms. The zero-order valence-corrected chi connectivity index (χ0v) is 13.9.